The molecule has 0 saturated heterocycles. The van der Waals surface area contributed by atoms with Crippen LogP contribution in [-0.4, -0.2) is 38.6 Å². The first-order valence-electron chi connectivity index (χ1n) is 5.01. The van der Waals surface area contributed by atoms with Gasteiger partial charge in [0.05, 0.1) is 6.21 Å². The predicted molar refractivity (Wildman–Crippen MR) is 64.9 cm³/mol. The van der Waals surface area contributed by atoms with Gasteiger partial charge in [-0.15, -0.1) is 0 Å². The van der Waals surface area contributed by atoms with Crippen molar-refractivity contribution in [1.29, 1.82) is 0 Å². The lowest BCUT2D eigenvalue weighted by molar-refractivity contribution is 0.473. The highest BCUT2D eigenvalue weighted by atomic mass is 35.5. The van der Waals surface area contributed by atoms with Gasteiger partial charge in [-0.2, -0.15) is 0 Å². The smallest absolute Gasteiger partial charge is 0.141 e. The number of aliphatic imine (C=N–C) groups is 2. The van der Waals surface area contributed by atoms with E-state index >= 15 is 0 Å². The minimum atomic E-state index is 0.466. The molecule has 0 rings (SSSR count). The molecule has 0 bridgehead atoms. The first-order chi connectivity index (χ1) is 6.74. The van der Waals surface area contributed by atoms with Gasteiger partial charge >= 0.3 is 0 Å². The summed E-state index contributed by atoms with van der Waals surface area (Å²) >= 11 is 5.68. The maximum absolute atomic E-state index is 5.68. The molecule has 0 heterocycles. The number of hydrogen-bond acceptors (Lipinski definition) is 3. The standard InChI is InChI=1S/C10H20ClN3/c1-4-9(5-6-12-2)7-14-8-10(11)13-3/h8-9,12H,4-7H2,1-3H3. The highest BCUT2D eigenvalue weighted by molar-refractivity contribution is 6.79. The number of rotatable bonds is 7. The van der Waals surface area contributed by atoms with E-state index in [0.29, 0.717) is 11.1 Å². The number of nitrogens with zero attached hydrogens (tertiary/aromatic N) is 2. The molecule has 0 aliphatic carbocycles. The Morgan fingerprint density at radius 3 is 2.79 bits per heavy atom. The molecule has 0 spiro atoms. The van der Waals surface area contributed by atoms with Crippen molar-refractivity contribution in [2.45, 2.75) is 19.8 Å². The lowest BCUT2D eigenvalue weighted by Gasteiger charge is -2.10. The molecule has 4 heteroatoms. The monoisotopic (exact) mass is 217 g/mol. The van der Waals surface area contributed by atoms with Crippen LogP contribution in [0.1, 0.15) is 19.8 Å². The maximum atomic E-state index is 5.68. The lowest BCUT2D eigenvalue weighted by Crippen LogP contribution is -2.14. The summed E-state index contributed by atoms with van der Waals surface area (Å²) in [6.07, 6.45) is 3.94. The van der Waals surface area contributed by atoms with Crippen molar-refractivity contribution in [1.82, 2.24) is 5.32 Å². The molecule has 1 atom stereocenters. The minimum Gasteiger partial charge on any atom is -0.320 e. The summed E-state index contributed by atoms with van der Waals surface area (Å²) in [7, 11) is 3.63. The molecule has 0 fully saturated rings. The van der Waals surface area contributed by atoms with Gasteiger partial charge in [0.15, 0.2) is 0 Å². The summed E-state index contributed by atoms with van der Waals surface area (Å²) in [5, 5.41) is 3.61. The summed E-state index contributed by atoms with van der Waals surface area (Å²) in [5.74, 6) is 0.639. The van der Waals surface area contributed by atoms with Gasteiger partial charge in [-0.25, -0.2) is 0 Å². The zero-order valence-corrected chi connectivity index (χ0v) is 10.0. The van der Waals surface area contributed by atoms with E-state index in [-0.39, 0.29) is 0 Å². The van der Waals surface area contributed by atoms with E-state index in [0.717, 1.165) is 25.9 Å². The molecule has 0 aliphatic rings. The van der Waals surface area contributed by atoms with Gasteiger partial charge in [0.1, 0.15) is 5.17 Å². The molecule has 1 unspecified atom stereocenters. The molecule has 0 amide bonds. The molecule has 0 aromatic heterocycles. The zero-order valence-electron chi connectivity index (χ0n) is 9.26. The summed E-state index contributed by atoms with van der Waals surface area (Å²) in [4.78, 5) is 8.04. The van der Waals surface area contributed by atoms with E-state index in [2.05, 4.69) is 22.2 Å². The summed E-state index contributed by atoms with van der Waals surface area (Å²) < 4.78 is 0. The van der Waals surface area contributed by atoms with Crippen molar-refractivity contribution in [3.05, 3.63) is 0 Å². The van der Waals surface area contributed by atoms with Crippen molar-refractivity contribution in [2.75, 3.05) is 27.2 Å². The van der Waals surface area contributed by atoms with E-state index in [4.69, 9.17) is 11.6 Å². The molecule has 0 aromatic carbocycles. The second kappa shape index (κ2) is 9.16. The zero-order chi connectivity index (χ0) is 10.8. The number of halogens is 1. The average Bonchev–Trinajstić information content (AvgIpc) is 2.22. The van der Waals surface area contributed by atoms with Crippen LogP contribution in [0.2, 0.25) is 0 Å². The van der Waals surface area contributed by atoms with E-state index in [1.54, 1.807) is 13.3 Å². The molecule has 1 N–H and O–H groups in total. The van der Waals surface area contributed by atoms with Gasteiger partial charge < -0.3 is 5.32 Å². The fraction of sp³-hybridized carbons (Fsp3) is 0.800. The minimum absolute atomic E-state index is 0.466. The second-order valence-corrected chi connectivity index (χ2v) is 3.59. The lowest BCUT2D eigenvalue weighted by atomic mass is 10.0. The predicted octanol–water partition coefficient (Wildman–Crippen LogP) is 1.96. The number of nitrogens with one attached hydrogen (secondary N) is 1. The molecule has 0 aromatic rings. The molecule has 0 aliphatic heterocycles. The van der Waals surface area contributed by atoms with Crippen LogP contribution in [0, 0.1) is 5.92 Å². The van der Waals surface area contributed by atoms with Crippen LogP contribution in [0.25, 0.3) is 0 Å². The van der Waals surface area contributed by atoms with Crippen molar-refractivity contribution in [3.8, 4) is 0 Å². The van der Waals surface area contributed by atoms with Crippen LogP contribution in [0.3, 0.4) is 0 Å². The van der Waals surface area contributed by atoms with Crippen LogP contribution in [0.5, 0.6) is 0 Å². The SMILES string of the molecule is CCC(CCNC)CN=CC(Cl)=NC. The fourth-order valence-electron chi connectivity index (χ4n) is 1.11. The van der Waals surface area contributed by atoms with E-state index < -0.39 is 0 Å². The topological polar surface area (TPSA) is 36.8 Å². The third-order valence-electron chi connectivity index (χ3n) is 2.15. The Morgan fingerprint density at radius 1 is 1.57 bits per heavy atom. The van der Waals surface area contributed by atoms with Crippen LogP contribution < -0.4 is 5.32 Å². The van der Waals surface area contributed by atoms with Gasteiger partial charge in [0.25, 0.3) is 0 Å². The summed E-state index contributed by atoms with van der Waals surface area (Å²) in [5.41, 5.74) is 0. The quantitative estimate of drug-likeness (QED) is 0.651. The van der Waals surface area contributed by atoms with Gasteiger partial charge in [-0.05, 0) is 25.9 Å². The van der Waals surface area contributed by atoms with Crippen LogP contribution in [0.15, 0.2) is 9.98 Å². The van der Waals surface area contributed by atoms with Crippen molar-refractivity contribution >= 4 is 23.0 Å². The molecule has 3 nitrogen and oxygen atoms in total. The molecular formula is C10H20ClN3. The molecular weight excluding hydrogens is 198 g/mol. The van der Waals surface area contributed by atoms with E-state index in [1.165, 1.54) is 0 Å². The Labute approximate surface area is 91.7 Å². The van der Waals surface area contributed by atoms with E-state index in [9.17, 15) is 0 Å². The second-order valence-electron chi connectivity index (χ2n) is 3.21. The number of hydrogen-bond donors (Lipinski definition) is 1. The average molecular weight is 218 g/mol. The Bertz CT molecular complexity index is 190. The van der Waals surface area contributed by atoms with E-state index in [1.807, 2.05) is 7.05 Å². The Kier molecular flexibility index (Phi) is 8.89. The third kappa shape index (κ3) is 7.04. The van der Waals surface area contributed by atoms with Gasteiger partial charge in [0.2, 0.25) is 0 Å². The van der Waals surface area contributed by atoms with Crippen molar-refractivity contribution in [2.24, 2.45) is 15.9 Å². The Hall–Kier alpha value is -0.410. The molecule has 0 radical (unpaired) electrons. The van der Waals surface area contributed by atoms with Gasteiger partial charge in [-0.3, -0.25) is 9.98 Å². The normalized spacial score (nSPS) is 15.0. The molecule has 14 heavy (non-hydrogen) atoms. The van der Waals surface area contributed by atoms with Crippen LogP contribution in [0.4, 0.5) is 0 Å². The first kappa shape index (κ1) is 13.6. The van der Waals surface area contributed by atoms with Gasteiger partial charge in [0, 0.05) is 13.6 Å². The maximum Gasteiger partial charge on any atom is 0.141 e. The van der Waals surface area contributed by atoms with Crippen molar-refractivity contribution < 1.29 is 0 Å². The highest BCUT2D eigenvalue weighted by Gasteiger charge is 2.03. The van der Waals surface area contributed by atoms with Crippen LogP contribution >= 0.6 is 11.6 Å². The third-order valence-corrected chi connectivity index (χ3v) is 2.42. The highest BCUT2D eigenvalue weighted by Crippen LogP contribution is 2.07. The first-order valence-corrected chi connectivity index (χ1v) is 5.39. The van der Waals surface area contributed by atoms with Gasteiger partial charge in [-0.1, -0.05) is 24.9 Å². The molecule has 0 saturated carbocycles. The Balaban J connectivity index is 3.77. The molecule has 82 valence electrons. The fourth-order valence-corrected chi connectivity index (χ4v) is 1.18. The van der Waals surface area contributed by atoms with Crippen LogP contribution in [-0.2, 0) is 0 Å². The Morgan fingerprint density at radius 2 is 2.29 bits per heavy atom. The van der Waals surface area contributed by atoms with Crippen molar-refractivity contribution in [3.63, 3.8) is 0 Å². The summed E-state index contributed by atoms with van der Waals surface area (Å²) in [6, 6.07) is 0. The summed E-state index contributed by atoms with van der Waals surface area (Å²) in [6.45, 7) is 4.07. The largest absolute Gasteiger partial charge is 0.320 e.